The highest BCUT2D eigenvalue weighted by atomic mass is 79.9. The van der Waals surface area contributed by atoms with Gasteiger partial charge >= 0.3 is 6.03 Å². The zero-order chi connectivity index (χ0) is 17.4. The van der Waals surface area contributed by atoms with Crippen LogP contribution in [0.5, 0.6) is 0 Å². The van der Waals surface area contributed by atoms with E-state index in [9.17, 15) is 14.4 Å². The number of barbiturate groups is 1. The van der Waals surface area contributed by atoms with E-state index >= 15 is 0 Å². The standard InChI is InChI=1S/C17H13BrN2O4/c1-19-15(21)13(16(22)20(2)17(19)23)9-12-6-7-14(24-12)10-4-3-5-11(18)8-10/h3-9H,1-2H3. The molecule has 122 valence electrons. The number of urea groups is 1. The fourth-order valence-electron chi connectivity index (χ4n) is 2.34. The molecule has 0 unspecified atom stereocenters. The number of benzene rings is 1. The predicted octanol–water partition coefficient (Wildman–Crippen LogP) is 3.14. The third-order valence-electron chi connectivity index (χ3n) is 3.67. The number of likely N-dealkylation sites (N-methyl/N-ethyl adjacent to an activating group) is 2. The third-order valence-corrected chi connectivity index (χ3v) is 4.16. The molecule has 1 aromatic heterocycles. The lowest BCUT2D eigenvalue weighted by atomic mass is 10.1. The molecule has 0 saturated carbocycles. The first-order chi connectivity index (χ1) is 11.4. The molecular weight excluding hydrogens is 376 g/mol. The molecule has 0 bridgehead atoms. The van der Waals surface area contributed by atoms with Crippen molar-refractivity contribution in [3.05, 3.63) is 52.2 Å². The molecule has 7 heteroatoms. The summed E-state index contributed by atoms with van der Waals surface area (Å²) in [5, 5.41) is 0. The Labute approximate surface area is 146 Å². The van der Waals surface area contributed by atoms with Gasteiger partial charge < -0.3 is 4.42 Å². The number of nitrogens with zero attached hydrogens (tertiary/aromatic N) is 2. The number of amides is 4. The number of hydrogen-bond donors (Lipinski definition) is 0. The second kappa shape index (κ2) is 6.09. The fraction of sp³-hybridized carbons (Fsp3) is 0.118. The number of imide groups is 2. The van der Waals surface area contributed by atoms with Crippen molar-refractivity contribution in [3.63, 3.8) is 0 Å². The van der Waals surface area contributed by atoms with E-state index in [4.69, 9.17) is 4.42 Å². The topological polar surface area (TPSA) is 70.8 Å². The van der Waals surface area contributed by atoms with E-state index in [1.807, 2.05) is 24.3 Å². The molecule has 2 aromatic rings. The van der Waals surface area contributed by atoms with Crippen LogP contribution in [0.15, 0.2) is 50.9 Å². The van der Waals surface area contributed by atoms with Crippen LogP contribution in [0.25, 0.3) is 17.4 Å². The van der Waals surface area contributed by atoms with Crippen molar-refractivity contribution in [2.45, 2.75) is 0 Å². The average molecular weight is 389 g/mol. The zero-order valence-corrected chi connectivity index (χ0v) is 14.5. The van der Waals surface area contributed by atoms with Gasteiger partial charge in [0.2, 0.25) is 0 Å². The summed E-state index contributed by atoms with van der Waals surface area (Å²) in [5.41, 5.74) is 0.745. The van der Waals surface area contributed by atoms with Gasteiger partial charge in [-0.1, -0.05) is 28.1 Å². The summed E-state index contributed by atoms with van der Waals surface area (Å²) < 4.78 is 6.61. The van der Waals surface area contributed by atoms with Crippen LogP contribution in [0, 0.1) is 0 Å². The maximum absolute atomic E-state index is 12.2. The number of rotatable bonds is 2. The van der Waals surface area contributed by atoms with Crippen LogP contribution in [0.1, 0.15) is 5.76 Å². The van der Waals surface area contributed by atoms with Crippen LogP contribution in [-0.4, -0.2) is 41.7 Å². The van der Waals surface area contributed by atoms with Gasteiger partial charge in [-0.25, -0.2) is 4.79 Å². The number of furan rings is 1. The number of carbonyl (C=O) groups is 3. The van der Waals surface area contributed by atoms with Gasteiger partial charge in [-0.2, -0.15) is 0 Å². The normalized spacial score (nSPS) is 15.3. The summed E-state index contributed by atoms with van der Waals surface area (Å²) in [4.78, 5) is 37.8. The molecule has 0 aliphatic carbocycles. The van der Waals surface area contributed by atoms with E-state index in [0.717, 1.165) is 19.8 Å². The third kappa shape index (κ3) is 2.78. The molecule has 0 atom stereocenters. The van der Waals surface area contributed by atoms with E-state index in [1.54, 1.807) is 12.1 Å². The van der Waals surface area contributed by atoms with Crippen LogP contribution in [0.3, 0.4) is 0 Å². The van der Waals surface area contributed by atoms with E-state index < -0.39 is 17.8 Å². The minimum Gasteiger partial charge on any atom is -0.457 e. The molecule has 1 aromatic carbocycles. The van der Waals surface area contributed by atoms with E-state index in [0.29, 0.717) is 11.5 Å². The first-order valence-electron chi connectivity index (χ1n) is 7.06. The maximum Gasteiger partial charge on any atom is 0.333 e. The molecule has 24 heavy (non-hydrogen) atoms. The Kier molecular flexibility index (Phi) is 4.11. The smallest absolute Gasteiger partial charge is 0.333 e. The summed E-state index contributed by atoms with van der Waals surface area (Å²) in [6, 6.07) is 10.3. The first kappa shape index (κ1) is 16.2. The number of hydrogen-bond acceptors (Lipinski definition) is 4. The highest BCUT2D eigenvalue weighted by Crippen LogP contribution is 2.26. The number of carbonyl (C=O) groups excluding carboxylic acids is 3. The van der Waals surface area contributed by atoms with Crippen LogP contribution in [-0.2, 0) is 9.59 Å². The minimum absolute atomic E-state index is 0.116. The molecule has 6 nitrogen and oxygen atoms in total. The van der Waals surface area contributed by atoms with Crippen molar-refractivity contribution < 1.29 is 18.8 Å². The highest BCUT2D eigenvalue weighted by molar-refractivity contribution is 9.10. The second-order valence-electron chi connectivity index (χ2n) is 5.28. The van der Waals surface area contributed by atoms with Gasteiger partial charge in [0.25, 0.3) is 11.8 Å². The number of halogens is 1. The Hall–Kier alpha value is -2.67. The summed E-state index contributed by atoms with van der Waals surface area (Å²) in [6.45, 7) is 0. The summed E-state index contributed by atoms with van der Waals surface area (Å²) >= 11 is 3.39. The summed E-state index contributed by atoms with van der Waals surface area (Å²) in [5.74, 6) is -0.332. The van der Waals surface area contributed by atoms with Gasteiger partial charge in [-0.15, -0.1) is 0 Å². The van der Waals surface area contributed by atoms with Crippen LogP contribution < -0.4 is 0 Å². The van der Waals surface area contributed by atoms with Crippen molar-refractivity contribution in [1.29, 1.82) is 0 Å². The van der Waals surface area contributed by atoms with Crippen LogP contribution >= 0.6 is 15.9 Å². The molecule has 4 amide bonds. The molecule has 1 saturated heterocycles. The molecular formula is C17H13BrN2O4. The SMILES string of the molecule is CN1C(=O)C(=Cc2ccc(-c3cccc(Br)c3)o2)C(=O)N(C)C1=O. The lowest BCUT2D eigenvalue weighted by molar-refractivity contribution is -0.134. The Bertz CT molecular complexity index is 858. The van der Waals surface area contributed by atoms with Crippen molar-refractivity contribution in [1.82, 2.24) is 9.80 Å². The van der Waals surface area contributed by atoms with Crippen molar-refractivity contribution in [2.24, 2.45) is 0 Å². The van der Waals surface area contributed by atoms with Crippen LogP contribution in [0.2, 0.25) is 0 Å². The van der Waals surface area contributed by atoms with Crippen molar-refractivity contribution >= 4 is 39.9 Å². The summed E-state index contributed by atoms with van der Waals surface area (Å²) in [6.07, 6.45) is 1.35. The first-order valence-corrected chi connectivity index (χ1v) is 7.85. The summed E-state index contributed by atoms with van der Waals surface area (Å²) in [7, 11) is 2.66. The van der Waals surface area contributed by atoms with E-state index in [2.05, 4.69) is 15.9 Å². The molecule has 3 rings (SSSR count). The average Bonchev–Trinajstić information content (AvgIpc) is 3.04. The Morgan fingerprint density at radius 2 is 1.67 bits per heavy atom. The van der Waals surface area contributed by atoms with Gasteiger partial charge in [0.05, 0.1) is 0 Å². The second-order valence-corrected chi connectivity index (χ2v) is 6.20. The van der Waals surface area contributed by atoms with Gasteiger partial charge in [-0.3, -0.25) is 19.4 Å². The van der Waals surface area contributed by atoms with Gasteiger partial charge in [0.15, 0.2) is 0 Å². The zero-order valence-electron chi connectivity index (χ0n) is 12.9. The molecule has 1 fully saturated rings. The molecule has 2 heterocycles. The van der Waals surface area contributed by atoms with Crippen molar-refractivity contribution in [3.8, 4) is 11.3 Å². The molecule has 0 radical (unpaired) electrons. The predicted molar refractivity (Wildman–Crippen MR) is 90.8 cm³/mol. The largest absolute Gasteiger partial charge is 0.457 e. The Morgan fingerprint density at radius 1 is 1.00 bits per heavy atom. The molecule has 0 spiro atoms. The quantitative estimate of drug-likeness (QED) is 0.585. The molecule has 1 aliphatic rings. The van der Waals surface area contributed by atoms with E-state index in [-0.39, 0.29) is 5.57 Å². The Balaban J connectivity index is 1.96. The lowest BCUT2D eigenvalue weighted by Crippen LogP contribution is -2.52. The van der Waals surface area contributed by atoms with Gasteiger partial charge in [-0.05, 0) is 30.3 Å². The highest BCUT2D eigenvalue weighted by Gasteiger charge is 2.38. The Morgan fingerprint density at radius 3 is 2.29 bits per heavy atom. The fourth-order valence-corrected chi connectivity index (χ4v) is 2.74. The molecule has 1 aliphatic heterocycles. The van der Waals surface area contributed by atoms with E-state index in [1.165, 1.54) is 20.2 Å². The monoisotopic (exact) mass is 388 g/mol. The van der Waals surface area contributed by atoms with Crippen LogP contribution in [0.4, 0.5) is 4.79 Å². The van der Waals surface area contributed by atoms with Gasteiger partial charge in [0.1, 0.15) is 17.1 Å². The van der Waals surface area contributed by atoms with Crippen molar-refractivity contribution in [2.75, 3.05) is 14.1 Å². The van der Waals surface area contributed by atoms with Gasteiger partial charge in [0, 0.05) is 24.1 Å². The lowest BCUT2D eigenvalue weighted by Gasteiger charge is -2.28. The molecule has 0 N–H and O–H groups in total. The minimum atomic E-state index is -0.656. The maximum atomic E-state index is 12.2.